The fraction of sp³-hybridized carbons (Fsp3) is 0.0800. The number of hydrogen-bond acceptors (Lipinski definition) is 5. The molecule has 0 aliphatic rings. The van der Waals surface area contributed by atoms with Crippen LogP contribution in [-0.4, -0.2) is 30.4 Å². The van der Waals surface area contributed by atoms with Crippen molar-refractivity contribution in [3.8, 4) is 5.75 Å². The molecule has 0 heterocycles. The standard InChI is InChI=1S/C25H21NO5S2/c27-24(28)16-32-23-15-22(20-11-4-5-12-21(20)25(23)29)26-33(30,31)19-10-6-9-18(14-19)13-17-7-2-1-3-8-17/h1-12,14-15,26,29H,13,16H2,(H,27,28). The van der Waals surface area contributed by atoms with Gasteiger partial charge in [0.2, 0.25) is 0 Å². The SMILES string of the molecule is O=C(O)CSc1cc(NS(=O)(=O)c2cccc(Cc3ccccc3)c2)c2ccccc2c1O. The van der Waals surface area contributed by atoms with Gasteiger partial charge in [-0.1, -0.05) is 66.7 Å². The lowest BCUT2D eigenvalue weighted by Gasteiger charge is -2.15. The molecule has 0 fully saturated rings. The van der Waals surface area contributed by atoms with Crippen molar-refractivity contribution in [1.29, 1.82) is 0 Å². The molecule has 0 atom stereocenters. The molecule has 0 saturated heterocycles. The zero-order valence-electron chi connectivity index (χ0n) is 17.4. The summed E-state index contributed by atoms with van der Waals surface area (Å²) in [7, 11) is -3.94. The van der Waals surface area contributed by atoms with E-state index in [1.165, 1.54) is 12.1 Å². The van der Waals surface area contributed by atoms with Crippen molar-refractivity contribution in [3.63, 3.8) is 0 Å². The van der Waals surface area contributed by atoms with Crippen molar-refractivity contribution in [2.75, 3.05) is 10.5 Å². The summed E-state index contributed by atoms with van der Waals surface area (Å²) in [6.45, 7) is 0. The second-order valence-electron chi connectivity index (χ2n) is 7.41. The Morgan fingerprint density at radius 1 is 0.848 bits per heavy atom. The van der Waals surface area contributed by atoms with Crippen molar-refractivity contribution in [2.24, 2.45) is 0 Å². The Morgan fingerprint density at radius 2 is 1.52 bits per heavy atom. The van der Waals surface area contributed by atoms with Crippen molar-refractivity contribution in [1.82, 2.24) is 0 Å². The van der Waals surface area contributed by atoms with E-state index in [0.717, 1.165) is 22.9 Å². The number of fused-ring (bicyclic) bond motifs is 1. The van der Waals surface area contributed by atoms with Gasteiger partial charge in [0.1, 0.15) is 5.75 Å². The lowest BCUT2D eigenvalue weighted by atomic mass is 10.1. The van der Waals surface area contributed by atoms with Crippen LogP contribution in [0.1, 0.15) is 11.1 Å². The van der Waals surface area contributed by atoms with E-state index in [4.69, 9.17) is 5.11 Å². The van der Waals surface area contributed by atoms with Gasteiger partial charge in [0.15, 0.2) is 0 Å². The maximum atomic E-state index is 13.2. The summed E-state index contributed by atoms with van der Waals surface area (Å²) in [5.41, 5.74) is 2.20. The highest BCUT2D eigenvalue weighted by Gasteiger charge is 2.19. The van der Waals surface area contributed by atoms with E-state index in [-0.39, 0.29) is 27.0 Å². The Bertz CT molecular complexity index is 1420. The minimum Gasteiger partial charge on any atom is -0.506 e. The number of sulfonamides is 1. The number of rotatable bonds is 8. The van der Waals surface area contributed by atoms with E-state index in [0.29, 0.717) is 17.2 Å². The minimum absolute atomic E-state index is 0.0790. The molecule has 4 aromatic carbocycles. The number of hydrogen-bond donors (Lipinski definition) is 3. The largest absolute Gasteiger partial charge is 0.506 e. The monoisotopic (exact) mass is 479 g/mol. The molecule has 4 rings (SSSR count). The number of phenols is 1. The molecule has 0 spiro atoms. The number of phenolic OH excluding ortho intramolecular Hbond substituents is 1. The van der Waals surface area contributed by atoms with Crippen LogP contribution in [0.25, 0.3) is 10.8 Å². The number of thioether (sulfide) groups is 1. The number of aromatic hydroxyl groups is 1. The van der Waals surface area contributed by atoms with Gasteiger partial charge in [-0.05, 0) is 35.7 Å². The third-order valence-corrected chi connectivity index (χ3v) is 7.41. The molecular weight excluding hydrogens is 458 g/mol. The number of anilines is 1. The van der Waals surface area contributed by atoms with Gasteiger partial charge < -0.3 is 10.2 Å². The lowest BCUT2D eigenvalue weighted by molar-refractivity contribution is -0.133. The molecule has 168 valence electrons. The Morgan fingerprint density at radius 3 is 2.24 bits per heavy atom. The predicted molar refractivity (Wildman–Crippen MR) is 130 cm³/mol. The maximum Gasteiger partial charge on any atom is 0.313 e. The Hall–Kier alpha value is -3.49. The van der Waals surface area contributed by atoms with E-state index in [1.54, 1.807) is 36.4 Å². The summed E-state index contributed by atoms with van der Waals surface area (Å²) >= 11 is 0.925. The fourth-order valence-corrected chi connectivity index (χ4v) is 5.39. The van der Waals surface area contributed by atoms with E-state index in [1.807, 2.05) is 36.4 Å². The smallest absolute Gasteiger partial charge is 0.313 e. The van der Waals surface area contributed by atoms with Gasteiger partial charge in [-0.3, -0.25) is 9.52 Å². The Balaban J connectivity index is 1.69. The first-order valence-electron chi connectivity index (χ1n) is 10.1. The first kappa shape index (κ1) is 22.7. The van der Waals surface area contributed by atoms with Crippen molar-refractivity contribution >= 4 is 44.2 Å². The molecule has 0 radical (unpaired) electrons. The van der Waals surface area contributed by atoms with Gasteiger partial charge >= 0.3 is 5.97 Å². The molecule has 33 heavy (non-hydrogen) atoms. The second-order valence-corrected chi connectivity index (χ2v) is 10.1. The highest BCUT2D eigenvalue weighted by Crippen LogP contribution is 2.40. The number of carboxylic acids is 1. The molecule has 0 aliphatic heterocycles. The van der Waals surface area contributed by atoms with Crippen LogP contribution in [0.4, 0.5) is 5.69 Å². The summed E-state index contributed by atoms with van der Waals surface area (Å²) in [4.78, 5) is 11.4. The summed E-state index contributed by atoms with van der Waals surface area (Å²) in [6.07, 6.45) is 0.600. The minimum atomic E-state index is -3.94. The van der Waals surface area contributed by atoms with Crippen LogP contribution in [0.5, 0.6) is 5.75 Å². The third-order valence-electron chi connectivity index (χ3n) is 5.04. The number of nitrogens with one attached hydrogen (secondary N) is 1. The van der Waals surface area contributed by atoms with Gasteiger partial charge in [-0.2, -0.15) is 0 Å². The Kier molecular flexibility index (Phi) is 6.57. The van der Waals surface area contributed by atoms with Crippen LogP contribution < -0.4 is 4.72 Å². The molecule has 4 aromatic rings. The third kappa shape index (κ3) is 5.30. The quantitative estimate of drug-likeness (QED) is 0.240. The van der Waals surface area contributed by atoms with Gasteiger partial charge in [-0.15, -0.1) is 11.8 Å². The maximum absolute atomic E-state index is 13.2. The molecule has 3 N–H and O–H groups in total. The van der Waals surface area contributed by atoms with Crippen LogP contribution in [-0.2, 0) is 21.2 Å². The van der Waals surface area contributed by atoms with Crippen LogP contribution >= 0.6 is 11.8 Å². The first-order chi connectivity index (χ1) is 15.8. The van der Waals surface area contributed by atoms with E-state index in [2.05, 4.69) is 4.72 Å². The number of carbonyl (C=O) groups is 1. The van der Waals surface area contributed by atoms with E-state index >= 15 is 0 Å². The van der Waals surface area contributed by atoms with Crippen LogP contribution in [0, 0.1) is 0 Å². The second kappa shape index (κ2) is 9.56. The van der Waals surface area contributed by atoms with Crippen LogP contribution in [0.2, 0.25) is 0 Å². The highest BCUT2D eigenvalue weighted by atomic mass is 32.2. The molecule has 6 nitrogen and oxygen atoms in total. The van der Waals surface area contributed by atoms with E-state index in [9.17, 15) is 18.3 Å². The topological polar surface area (TPSA) is 104 Å². The predicted octanol–water partition coefficient (Wildman–Crippen LogP) is 5.11. The van der Waals surface area contributed by atoms with Gasteiger partial charge in [0.25, 0.3) is 10.0 Å². The number of carboxylic acid groups (broad SMARTS) is 1. The van der Waals surface area contributed by atoms with Crippen molar-refractivity contribution in [3.05, 3.63) is 96.1 Å². The van der Waals surface area contributed by atoms with Crippen molar-refractivity contribution in [2.45, 2.75) is 16.2 Å². The average molecular weight is 480 g/mol. The molecule has 0 amide bonds. The molecule has 0 aromatic heterocycles. The molecule has 0 bridgehead atoms. The summed E-state index contributed by atoms with van der Waals surface area (Å²) in [5, 5.41) is 20.5. The summed E-state index contributed by atoms with van der Waals surface area (Å²) in [6, 6.07) is 24.8. The molecule has 0 aliphatic carbocycles. The normalized spacial score (nSPS) is 11.4. The number of aliphatic carboxylic acids is 1. The number of benzene rings is 4. The van der Waals surface area contributed by atoms with Gasteiger partial charge in [0, 0.05) is 10.8 Å². The summed E-state index contributed by atoms with van der Waals surface area (Å²) in [5.74, 6) is -1.38. The van der Waals surface area contributed by atoms with Crippen molar-refractivity contribution < 1.29 is 23.4 Å². The Labute approximate surface area is 196 Å². The zero-order chi connectivity index (χ0) is 23.4. The first-order valence-corrected chi connectivity index (χ1v) is 12.6. The molecule has 0 unspecified atom stereocenters. The molecule has 0 saturated carbocycles. The zero-order valence-corrected chi connectivity index (χ0v) is 19.1. The van der Waals surface area contributed by atoms with Gasteiger partial charge in [-0.25, -0.2) is 8.42 Å². The van der Waals surface area contributed by atoms with Gasteiger partial charge in [0.05, 0.1) is 21.2 Å². The molecular formula is C25H21NO5S2. The lowest BCUT2D eigenvalue weighted by Crippen LogP contribution is -2.13. The van der Waals surface area contributed by atoms with E-state index < -0.39 is 16.0 Å². The molecule has 8 heteroatoms. The van der Waals surface area contributed by atoms with Crippen LogP contribution in [0.15, 0.2) is 94.7 Å². The highest BCUT2D eigenvalue weighted by molar-refractivity contribution is 8.00. The summed E-state index contributed by atoms with van der Waals surface area (Å²) < 4.78 is 29.1. The average Bonchev–Trinajstić information content (AvgIpc) is 2.81. The van der Waals surface area contributed by atoms with Crippen LogP contribution in [0.3, 0.4) is 0 Å². The fourth-order valence-electron chi connectivity index (χ4n) is 3.53.